The number of sulfonamides is 1. The van der Waals surface area contributed by atoms with Gasteiger partial charge in [-0.1, -0.05) is 24.6 Å². The van der Waals surface area contributed by atoms with Crippen LogP contribution in [0.5, 0.6) is 0 Å². The second-order valence-electron chi connectivity index (χ2n) is 8.83. The summed E-state index contributed by atoms with van der Waals surface area (Å²) in [5.41, 5.74) is 3.21. The fourth-order valence-electron chi connectivity index (χ4n) is 4.76. The van der Waals surface area contributed by atoms with Gasteiger partial charge in [0.05, 0.1) is 35.9 Å². The minimum Gasteiger partial charge on any atom is -0.378 e. The van der Waals surface area contributed by atoms with E-state index in [9.17, 15) is 13.2 Å². The van der Waals surface area contributed by atoms with Gasteiger partial charge in [-0.05, 0) is 42.7 Å². The van der Waals surface area contributed by atoms with Crippen LogP contribution in [-0.2, 0) is 26.0 Å². The summed E-state index contributed by atoms with van der Waals surface area (Å²) in [6.07, 6.45) is 4.84. The number of carbonyl (C=O) groups excluding carboxylic acids is 1. The first kappa shape index (κ1) is 22.9. The Morgan fingerprint density at radius 1 is 1.00 bits per heavy atom. The van der Waals surface area contributed by atoms with Crippen molar-refractivity contribution in [2.75, 3.05) is 49.6 Å². The molecule has 0 saturated carbocycles. The van der Waals surface area contributed by atoms with Crippen LogP contribution in [0.2, 0.25) is 0 Å². The van der Waals surface area contributed by atoms with Gasteiger partial charge in [-0.15, -0.1) is 0 Å². The van der Waals surface area contributed by atoms with E-state index in [1.165, 1.54) is 0 Å². The van der Waals surface area contributed by atoms with Gasteiger partial charge in [-0.25, -0.2) is 8.42 Å². The first-order valence-corrected chi connectivity index (χ1v) is 13.3. The van der Waals surface area contributed by atoms with Crippen molar-refractivity contribution in [2.24, 2.45) is 0 Å². The number of fused-ring (bicyclic) bond motifs is 1. The van der Waals surface area contributed by atoms with Crippen molar-refractivity contribution < 1.29 is 17.9 Å². The number of H-pyrrole nitrogens is 1. The van der Waals surface area contributed by atoms with Crippen molar-refractivity contribution in [3.8, 4) is 0 Å². The maximum Gasteiger partial charge on any atom is 0.243 e. The van der Waals surface area contributed by atoms with E-state index in [1.54, 1.807) is 16.4 Å². The highest BCUT2D eigenvalue weighted by Gasteiger charge is 2.27. The van der Waals surface area contributed by atoms with E-state index in [4.69, 9.17) is 4.74 Å². The lowest BCUT2D eigenvalue weighted by atomic mass is 10.1. The number of carbonyl (C=O) groups is 1. The molecule has 8 nitrogen and oxygen atoms in total. The highest BCUT2D eigenvalue weighted by atomic mass is 32.2. The van der Waals surface area contributed by atoms with E-state index in [0.29, 0.717) is 45.1 Å². The number of ether oxygens (including phenoxy) is 1. The molecule has 0 spiro atoms. The molecule has 34 heavy (non-hydrogen) atoms. The van der Waals surface area contributed by atoms with E-state index >= 15 is 0 Å². The Hall–Kier alpha value is -2.88. The number of nitrogens with zero attached hydrogens (tertiary/aromatic N) is 2. The van der Waals surface area contributed by atoms with Crippen molar-refractivity contribution in [3.63, 3.8) is 0 Å². The van der Waals surface area contributed by atoms with Crippen LogP contribution in [0.1, 0.15) is 24.8 Å². The smallest absolute Gasteiger partial charge is 0.243 e. The zero-order valence-corrected chi connectivity index (χ0v) is 19.9. The molecule has 2 aliphatic rings. The minimum absolute atomic E-state index is 0.188. The largest absolute Gasteiger partial charge is 0.378 e. The van der Waals surface area contributed by atoms with Crippen molar-refractivity contribution in [2.45, 2.75) is 30.6 Å². The fourth-order valence-corrected chi connectivity index (χ4v) is 6.30. The van der Waals surface area contributed by atoms with Gasteiger partial charge in [-0.3, -0.25) is 4.79 Å². The molecule has 2 N–H and O–H groups in total. The number of para-hydroxylation sites is 1. The molecule has 2 fully saturated rings. The van der Waals surface area contributed by atoms with Crippen LogP contribution in [0.4, 0.5) is 11.4 Å². The standard InChI is InChI=1S/C25H30N4O4S/c30-25(16-19-18-26-22-7-3-2-6-21(19)22)27-23-17-20(34(31,32)29-10-4-1-5-11-29)8-9-24(23)28-12-14-33-15-13-28/h2-3,6-9,17-18,26H,1,4-5,10-16H2,(H,27,30). The number of aromatic nitrogens is 1. The Labute approximate surface area is 199 Å². The summed E-state index contributed by atoms with van der Waals surface area (Å²) in [4.78, 5) is 18.6. The van der Waals surface area contributed by atoms with Gasteiger partial charge in [0.15, 0.2) is 0 Å². The first-order valence-electron chi connectivity index (χ1n) is 11.8. The maximum absolute atomic E-state index is 13.3. The molecule has 3 aromatic rings. The van der Waals surface area contributed by atoms with Crippen LogP contribution in [0.3, 0.4) is 0 Å². The molecular formula is C25H30N4O4S. The predicted octanol–water partition coefficient (Wildman–Crippen LogP) is 3.36. The molecule has 5 rings (SSSR count). The van der Waals surface area contributed by atoms with Gasteiger partial charge in [-0.2, -0.15) is 4.31 Å². The Balaban J connectivity index is 1.44. The number of aromatic amines is 1. The number of benzene rings is 2. The summed E-state index contributed by atoms with van der Waals surface area (Å²) >= 11 is 0. The molecule has 0 aliphatic carbocycles. The van der Waals surface area contributed by atoms with Crippen LogP contribution in [0.15, 0.2) is 53.6 Å². The summed E-state index contributed by atoms with van der Waals surface area (Å²) in [6.45, 7) is 3.63. The second kappa shape index (κ2) is 9.77. The molecule has 2 aromatic carbocycles. The third kappa shape index (κ3) is 4.68. The predicted molar refractivity (Wildman–Crippen MR) is 133 cm³/mol. The number of hydrogen-bond acceptors (Lipinski definition) is 5. The summed E-state index contributed by atoms with van der Waals surface area (Å²) in [6, 6.07) is 12.9. The molecule has 180 valence electrons. The molecule has 0 atom stereocenters. The van der Waals surface area contributed by atoms with Gasteiger partial charge >= 0.3 is 0 Å². The van der Waals surface area contributed by atoms with Crippen molar-refractivity contribution in [1.82, 2.24) is 9.29 Å². The summed E-state index contributed by atoms with van der Waals surface area (Å²) in [5, 5.41) is 4.01. The number of nitrogens with one attached hydrogen (secondary N) is 2. The third-order valence-electron chi connectivity index (χ3n) is 6.57. The zero-order valence-electron chi connectivity index (χ0n) is 19.1. The normalized spacial score (nSPS) is 17.7. The van der Waals surface area contributed by atoms with Gasteiger partial charge < -0.3 is 19.9 Å². The van der Waals surface area contributed by atoms with E-state index in [2.05, 4.69) is 15.2 Å². The van der Waals surface area contributed by atoms with Crippen LogP contribution in [0.25, 0.3) is 10.9 Å². The van der Waals surface area contributed by atoms with Crippen LogP contribution < -0.4 is 10.2 Å². The molecule has 0 bridgehead atoms. The van der Waals surface area contributed by atoms with Crippen LogP contribution in [0, 0.1) is 0 Å². The number of morpholine rings is 1. The molecular weight excluding hydrogens is 452 g/mol. The topological polar surface area (TPSA) is 94.7 Å². The fraction of sp³-hybridized carbons (Fsp3) is 0.400. The van der Waals surface area contributed by atoms with Crippen molar-refractivity contribution in [3.05, 3.63) is 54.2 Å². The molecule has 3 heterocycles. The Morgan fingerprint density at radius 3 is 2.56 bits per heavy atom. The van der Waals surface area contributed by atoms with E-state index in [1.807, 2.05) is 36.5 Å². The lowest BCUT2D eigenvalue weighted by molar-refractivity contribution is -0.115. The molecule has 2 aliphatic heterocycles. The van der Waals surface area contributed by atoms with E-state index in [0.717, 1.165) is 41.4 Å². The van der Waals surface area contributed by atoms with Crippen LogP contribution in [-0.4, -0.2) is 63.0 Å². The highest BCUT2D eigenvalue weighted by molar-refractivity contribution is 7.89. The van der Waals surface area contributed by atoms with Crippen molar-refractivity contribution >= 4 is 38.2 Å². The van der Waals surface area contributed by atoms with E-state index in [-0.39, 0.29) is 17.2 Å². The molecule has 1 aromatic heterocycles. The van der Waals surface area contributed by atoms with Crippen molar-refractivity contribution in [1.29, 1.82) is 0 Å². The van der Waals surface area contributed by atoms with Gasteiger partial charge in [0.1, 0.15) is 0 Å². The average Bonchev–Trinajstić information content (AvgIpc) is 3.27. The van der Waals surface area contributed by atoms with Crippen LogP contribution >= 0.6 is 0 Å². The van der Waals surface area contributed by atoms with Gasteiger partial charge in [0.2, 0.25) is 15.9 Å². The summed E-state index contributed by atoms with van der Waals surface area (Å²) in [5.74, 6) is -0.188. The quantitative estimate of drug-likeness (QED) is 0.562. The number of amides is 1. The lowest BCUT2D eigenvalue weighted by Crippen LogP contribution is -2.37. The zero-order chi connectivity index (χ0) is 23.5. The second-order valence-corrected chi connectivity index (χ2v) is 10.8. The molecule has 9 heteroatoms. The Kier molecular flexibility index (Phi) is 6.58. The molecule has 0 radical (unpaired) electrons. The molecule has 2 saturated heterocycles. The first-order chi connectivity index (χ1) is 16.5. The molecule has 0 unspecified atom stereocenters. The number of anilines is 2. The average molecular weight is 483 g/mol. The maximum atomic E-state index is 13.3. The SMILES string of the molecule is O=C(Cc1c[nH]c2ccccc12)Nc1cc(S(=O)(=O)N2CCCCC2)ccc1N1CCOCC1. The number of rotatable bonds is 6. The Bertz CT molecular complexity index is 1280. The van der Waals surface area contributed by atoms with E-state index < -0.39 is 10.0 Å². The lowest BCUT2D eigenvalue weighted by Gasteiger charge is -2.31. The minimum atomic E-state index is -3.61. The summed E-state index contributed by atoms with van der Waals surface area (Å²) < 4.78 is 33.6. The number of hydrogen-bond donors (Lipinski definition) is 2. The molecule has 1 amide bonds. The van der Waals surface area contributed by atoms with Gasteiger partial charge in [0, 0.05) is 43.3 Å². The summed E-state index contributed by atoms with van der Waals surface area (Å²) in [7, 11) is -3.61. The van der Waals surface area contributed by atoms with Gasteiger partial charge in [0.25, 0.3) is 0 Å². The monoisotopic (exact) mass is 482 g/mol. The third-order valence-corrected chi connectivity index (χ3v) is 8.47. The Morgan fingerprint density at radius 2 is 1.76 bits per heavy atom. The highest BCUT2D eigenvalue weighted by Crippen LogP contribution is 2.32. The number of piperidine rings is 1.